The molecule has 1 heterocycles. The minimum atomic E-state index is -3.48. The summed E-state index contributed by atoms with van der Waals surface area (Å²) >= 11 is 1.21. The second-order valence-electron chi connectivity index (χ2n) is 3.98. The van der Waals surface area contributed by atoms with Crippen LogP contribution in [0, 0.1) is 0 Å². The van der Waals surface area contributed by atoms with Crippen LogP contribution in [-0.4, -0.2) is 15.0 Å². The molecule has 0 radical (unpaired) electrons. The van der Waals surface area contributed by atoms with Gasteiger partial charge in [-0.15, -0.1) is 11.3 Å². The zero-order chi connectivity index (χ0) is 13.7. The van der Waals surface area contributed by atoms with Crippen molar-refractivity contribution in [1.82, 2.24) is 5.32 Å². The first kappa shape index (κ1) is 14.0. The van der Waals surface area contributed by atoms with E-state index in [9.17, 15) is 8.42 Å². The Kier molecular flexibility index (Phi) is 4.57. The Bertz CT molecular complexity index is 622. The molecule has 0 amide bonds. The number of anilines is 1. The lowest BCUT2D eigenvalue weighted by Gasteiger charge is -2.11. The summed E-state index contributed by atoms with van der Waals surface area (Å²) in [6, 6.07) is 10.7. The Balaban J connectivity index is 2.24. The van der Waals surface area contributed by atoms with Crippen molar-refractivity contribution in [3.8, 4) is 0 Å². The van der Waals surface area contributed by atoms with Gasteiger partial charge < -0.3 is 5.32 Å². The molecule has 0 unspecified atom stereocenters. The van der Waals surface area contributed by atoms with Crippen molar-refractivity contribution < 1.29 is 8.42 Å². The fourth-order valence-corrected chi connectivity index (χ4v) is 3.74. The molecule has 0 aliphatic rings. The molecular formula is C13H16N2O2S2. The normalized spacial score (nSPS) is 11.4. The quantitative estimate of drug-likeness (QED) is 0.861. The number of benzene rings is 1. The fourth-order valence-electron chi connectivity index (χ4n) is 1.65. The first-order chi connectivity index (χ1) is 9.13. The summed E-state index contributed by atoms with van der Waals surface area (Å²) in [5.74, 6) is 0. The average molecular weight is 296 g/mol. The van der Waals surface area contributed by atoms with Crippen molar-refractivity contribution in [3.05, 3.63) is 47.3 Å². The lowest BCUT2D eigenvalue weighted by Crippen LogP contribution is -2.16. The molecule has 0 bridgehead atoms. The van der Waals surface area contributed by atoms with E-state index in [0.29, 0.717) is 16.4 Å². The molecule has 19 heavy (non-hydrogen) atoms. The summed E-state index contributed by atoms with van der Waals surface area (Å²) in [6.45, 7) is 3.49. The van der Waals surface area contributed by atoms with E-state index in [4.69, 9.17) is 0 Å². The largest absolute Gasteiger partial charge is 0.313 e. The topological polar surface area (TPSA) is 58.2 Å². The number of sulfonamides is 1. The highest BCUT2D eigenvalue weighted by Crippen LogP contribution is 2.22. The van der Waals surface area contributed by atoms with Crippen LogP contribution in [0.15, 0.2) is 46.0 Å². The SMILES string of the molecule is CCNCc1ccccc1NS(=O)(=O)c1cccs1. The predicted octanol–water partition coefficient (Wildman–Crippen LogP) is 2.66. The maximum absolute atomic E-state index is 12.2. The van der Waals surface area contributed by atoms with E-state index >= 15 is 0 Å². The maximum atomic E-state index is 12.2. The molecule has 0 aliphatic carbocycles. The first-order valence-electron chi connectivity index (χ1n) is 5.98. The summed E-state index contributed by atoms with van der Waals surface area (Å²) in [7, 11) is -3.48. The van der Waals surface area contributed by atoms with Crippen LogP contribution in [0.2, 0.25) is 0 Å². The highest BCUT2D eigenvalue weighted by Gasteiger charge is 2.16. The molecular weight excluding hydrogens is 280 g/mol. The van der Waals surface area contributed by atoms with Crippen molar-refractivity contribution in [2.75, 3.05) is 11.3 Å². The van der Waals surface area contributed by atoms with Crippen molar-refractivity contribution in [2.45, 2.75) is 17.7 Å². The lowest BCUT2D eigenvalue weighted by molar-refractivity contribution is 0.603. The monoisotopic (exact) mass is 296 g/mol. The van der Waals surface area contributed by atoms with E-state index in [2.05, 4.69) is 10.0 Å². The van der Waals surface area contributed by atoms with Crippen LogP contribution in [0.3, 0.4) is 0 Å². The summed E-state index contributed by atoms with van der Waals surface area (Å²) in [5.41, 5.74) is 1.56. The molecule has 0 aliphatic heterocycles. The second kappa shape index (κ2) is 6.18. The molecule has 1 aromatic carbocycles. The standard InChI is InChI=1S/C13H16N2O2S2/c1-2-14-10-11-6-3-4-7-12(11)15-19(16,17)13-8-5-9-18-13/h3-9,14-15H,2,10H2,1H3. The molecule has 1 aromatic heterocycles. The van der Waals surface area contributed by atoms with Gasteiger partial charge in [0.15, 0.2) is 0 Å². The Morgan fingerprint density at radius 2 is 1.95 bits per heavy atom. The Hall–Kier alpha value is -1.37. The van der Waals surface area contributed by atoms with Gasteiger partial charge in [0.05, 0.1) is 5.69 Å². The first-order valence-corrected chi connectivity index (χ1v) is 8.34. The van der Waals surface area contributed by atoms with Gasteiger partial charge in [-0.1, -0.05) is 31.2 Å². The van der Waals surface area contributed by atoms with Gasteiger partial charge in [0.25, 0.3) is 10.0 Å². The Morgan fingerprint density at radius 3 is 2.63 bits per heavy atom. The molecule has 6 heteroatoms. The van der Waals surface area contributed by atoms with E-state index in [1.165, 1.54) is 11.3 Å². The van der Waals surface area contributed by atoms with Crippen LogP contribution in [0.25, 0.3) is 0 Å². The molecule has 0 saturated carbocycles. The smallest absolute Gasteiger partial charge is 0.271 e. The molecule has 4 nitrogen and oxygen atoms in total. The maximum Gasteiger partial charge on any atom is 0.271 e. The van der Waals surface area contributed by atoms with Crippen LogP contribution in [0.1, 0.15) is 12.5 Å². The van der Waals surface area contributed by atoms with Crippen LogP contribution in [0.4, 0.5) is 5.69 Å². The van der Waals surface area contributed by atoms with Gasteiger partial charge in [-0.05, 0) is 29.6 Å². The molecule has 102 valence electrons. The molecule has 2 rings (SSSR count). The third-order valence-corrected chi connectivity index (χ3v) is 5.35. The van der Waals surface area contributed by atoms with E-state index < -0.39 is 10.0 Å². The Morgan fingerprint density at radius 1 is 1.16 bits per heavy atom. The summed E-state index contributed by atoms with van der Waals surface area (Å²) in [4.78, 5) is 0. The lowest BCUT2D eigenvalue weighted by atomic mass is 10.2. The second-order valence-corrected chi connectivity index (χ2v) is 6.83. The van der Waals surface area contributed by atoms with Crippen LogP contribution < -0.4 is 10.0 Å². The molecule has 2 aromatic rings. The highest BCUT2D eigenvalue weighted by molar-refractivity contribution is 7.94. The molecule has 0 atom stereocenters. The number of nitrogens with one attached hydrogen (secondary N) is 2. The van der Waals surface area contributed by atoms with Gasteiger partial charge in [0, 0.05) is 6.54 Å². The third-order valence-electron chi connectivity index (χ3n) is 2.59. The summed E-state index contributed by atoms with van der Waals surface area (Å²) in [5, 5.41) is 4.94. The van der Waals surface area contributed by atoms with Crippen LogP contribution >= 0.6 is 11.3 Å². The molecule has 2 N–H and O–H groups in total. The Labute approximate surface area is 117 Å². The zero-order valence-electron chi connectivity index (χ0n) is 10.6. The van der Waals surface area contributed by atoms with Crippen LogP contribution in [-0.2, 0) is 16.6 Å². The van der Waals surface area contributed by atoms with Gasteiger partial charge >= 0.3 is 0 Å². The number of hydrogen-bond acceptors (Lipinski definition) is 4. The average Bonchev–Trinajstić information content (AvgIpc) is 2.92. The number of para-hydroxylation sites is 1. The van der Waals surface area contributed by atoms with E-state index in [-0.39, 0.29) is 0 Å². The van der Waals surface area contributed by atoms with Crippen LogP contribution in [0.5, 0.6) is 0 Å². The third kappa shape index (κ3) is 3.56. The van der Waals surface area contributed by atoms with E-state index in [1.54, 1.807) is 23.6 Å². The number of hydrogen-bond donors (Lipinski definition) is 2. The van der Waals surface area contributed by atoms with Crippen molar-refractivity contribution >= 4 is 27.0 Å². The minimum Gasteiger partial charge on any atom is -0.313 e. The van der Waals surface area contributed by atoms with Gasteiger partial charge in [-0.3, -0.25) is 4.72 Å². The van der Waals surface area contributed by atoms with Gasteiger partial charge in [0.1, 0.15) is 4.21 Å². The fraction of sp³-hybridized carbons (Fsp3) is 0.231. The van der Waals surface area contributed by atoms with E-state index in [0.717, 1.165) is 12.1 Å². The molecule has 0 fully saturated rings. The zero-order valence-corrected chi connectivity index (χ0v) is 12.2. The van der Waals surface area contributed by atoms with Crippen molar-refractivity contribution in [1.29, 1.82) is 0 Å². The molecule has 0 spiro atoms. The highest BCUT2D eigenvalue weighted by atomic mass is 32.2. The van der Waals surface area contributed by atoms with Crippen molar-refractivity contribution in [2.24, 2.45) is 0 Å². The minimum absolute atomic E-state index is 0.325. The van der Waals surface area contributed by atoms with Gasteiger partial charge in [-0.2, -0.15) is 0 Å². The summed E-state index contributed by atoms with van der Waals surface area (Å²) < 4.78 is 27.3. The number of thiophene rings is 1. The van der Waals surface area contributed by atoms with Gasteiger partial charge in [0.2, 0.25) is 0 Å². The molecule has 0 saturated heterocycles. The van der Waals surface area contributed by atoms with Gasteiger partial charge in [-0.25, -0.2) is 8.42 Å². The van der Waals surface area contributed by atoms with Crippen molar-refractivity contribution in [3.63, 3.8) is 0 Å². The summed E-state index contributed by atoms with van der Waals surface area (Å²) in [6.07, 6.45) is 0. The van der Waals surface area contributed by atoms with E-state index in [1.807, 2.05) is 25.1 Å². The predicted molar refractivity (Wildman–Crippen MR) is 79.0 cm³/mol. The number of rotatable bonds is 6.